The number of hydrogen-bond acceptors (Lipinski definition) is 3. The maximum absolute atomic E-state index is 11.2. The minimum atomic E-state index is -0.996. The molecule has 6 heteroatoms. The molecule has 3 nitrogen and oxygen atoms in total. The van der Waals surface area contributed by atoms with Crippen molar-refractivity contribution in [2.24, 2.45) is 0 Å². The molecule has 0 bridgehead atoms. The fourth-order valence-corrected chi connectivity index (χ4v) is 3.60. The molecule has 19 heavy (non-hydrogen) atoms. The highest BCUT2D eigenvalue weighted by molar-refractivity contribution is 9.10. The van der Waals surface area contributed by atoms with Crippen molar-refractivity contribution in [3.63, 3.8) is 0 Å². The molecule has 1 aromatic heterocycles. The van der Waals surface area contributed by atoms with Crippen molar-refractivity contribution in [2.75, 3.05) is 0 Å². The first-order valence-electron chi connectivity index (χ1n) is 5.37. The minimum Gasteiger partial charge on any atom is -0.487 e. The Morgan fingerprint density at radius 2 is 2.16 bits per heavy atom. The summed E-state index contributed by atoms with van der Waals surface area (Å²) >= 11 is 8.28. The fraction of sp³-hybridized carbons (Fsp3) is 0.154. The van der Waals surface area contributed by atoms with E-state index >= 15 is 0 Å². The van der Waals surface area contributed by atoms with Crippen LogP contribution in [0.2, 0.25) is 0 Å². The van der Waals surface area contributed by atoms with Crippen LogP contribution in [0, 0.1) is 6.92 Å². The van der Waals surface area contributed by atoms with E-state index < -0.39 is 5.97 Å². The van der Waals surface area contributed by atoms with Gasteiger partial charge in [0.25, 0.3) is 0 Å². The molecule has 1 aromatic carbocycles. The minimum absolute atomic E-state index is 0.166. The van der Waals surface area contributed by atoms with E-state index in [2.05, 4.69) is 31.9 Å². The van der Waals surface area contributed by atoms with Gasteiger partial charge < -0.3 is 9.84 Å². The SMILES string of the molecule is Cc1cc(Br)cc(C(=O)O)c1OCc1sccc1Br. The molecule has 0 aliphatic carbocycles. The molecule has 0 fully saturated rings. The Labute approximate surface area is 131 Å². The van der Waals surface area contributed by atoms with Gasteiger partial charge in [0.05, 0.1) is 4.88 Å². The van der Waals surface area contributed by atoms with E-state index in [1.165, 1.54) is 0 Å². The van der Waals surface area contributed by atoms with Gasteiger partial charge in [0.1, 0.15) is 17.9 Å². The summed E-state index contributed by atoms with van der Waals surface area (Å²) in [6, 6.07) is 5.33. The Morgan fingerprint density at radius 3 is 2.74 bits per heavy atom. The van der Waals surface area contributed by atoms with Crippen molar-refractivity contribution in [1.29, 1.82) is 0 Å². The number of carbonyl (C=O) groups is 1. The number of thiophene rings is 1. The molecule has 0 saturated heterocycles. The summed E-state index contributed by atoms with van der Waals surface area (Å²) in [5.41, 5.74) is 0.957. The van der Waals surface area contributed by atoms with Crippen molar-refractivity contribution in [3.05, 3.63) is 48.5 Å². The molecular formula is C13H10Br2O3S. The van der Waals surface area contributed by atoms with Crippen LogP contribution in [0.5, 0.6) is 5.75 Å². The molecule has 0 radical (unpaired) electrons. The lowest BCUT2D eigenvalue weighted by Crippen LogP contribution is -2.05. The molecular weight excluding hydrogens is 396 g/mol. The van der Waals surface area contributed by atoms with E-state index in [1.807, 2.05) is 24.4 Å². The molecule has 1 heterocycles. The second kappa shape index (κ2) is 6.07. The van der Waals surface area contributed by atoms with Crippen molar-refractivity contribution in [1.82, 2.24) is 0 Å². The Morgan fingerprint density at radius 1 is 1.42 bits per heavy atom. The van der Waals surface area contributed by atoms with Gasteiger partial charge in [-0.05, 0) is 52.0 Å². The highest BCUT2D eigenvalue weighted by atomic mass is 79.9. The van der Waals surface area contributed by atoms with Crippen LogP contribution in [0.4, 0.5) is 0 Å². The number of halogens is 2. The highest BCUT2D eigenvalue weighted by Crippen LogP contribution is 2.30. The van der Waals surface area contributed by atoms with Crippen molar-refractivity contribution >= 4 is 49.2 Å². The number of aryl methyl sites for hydroxylation is 1. The van der Waals surface area contributed by atoms with Gasteiger partial charge in [0.15, 0.2) is 0 Å². The van der Waals surface area contributed by atoms with E-state index in [4.69, 9.17) is 4.74 Å². The normalized spacial score (nSPS) is 10.5. The van der Waals surface area contributed by atoms with Gasteiger partial charge in [-0.25, -0.2) is 4.79 Å². The van der Waals surface area contributed by atoms with E-state index in [0.29, 0.717) is 12.4 Å². The van der Waals surface area contributed by atoms with Crippen molar-refractivity contribution in [3.8, 4) is 5.75 Å². The van der Waals surface area contributed by atoms with Crippen LogP contribution in [0.15, 0.2) is 32.5 Å². The van der Waals surface area contributed by atoms with Gasteiger partial charge in [0.2, 0.25) is 0 Å². The molecule has 2 rings (SSSR count). The number of carboxylic acids is 1. The molecule has 1 N–H and O–H groups in total. The first-order valence-corrected chi connectivity index (χ1v) is 7.83. The Kier molecular flexibility index (Phi) is 4.65. The van der Waals surface area contributed by atoms with Gasteiger partial charge in [-0.3, -0.25) is 0 Å². The average Bonchev–Trinajstić information content (AvgIpc) is 2.73. The van der Waals surface area contributed by atoms with Crippen LogP contribution in [0.25, 0.3) is 0 Å². The summed E-state index contributed by atoms with van der Waals surface area (Å²) in [6.45, 7) is 2.18. The summed E-state index contributed by atoms with van der Waals surface area (Å²) in [5, 5.41) is 11.2. The highest BCUT2D eigenvalue weighted by Gasteiger charge is 2.16. The summed E-state index contributed by atoms with van der Waals surface area (Å²) in [7, 11) is 0. The third kappa shape index (κ3) is 3.38. The molecule has 0 aliphatic rings. The third-order valence-corrected chi connectivity index (χ3v) is 4.87. The first-order chi connectivity index (χ1) is 8.99. The van der Waals surface area contributed by atoms with Crippen LogP contribution in [0.3, 0.4) is 0 Å². The van der Waals surface area contributed by atoms with E-state index in [1.54, 1.807) is 17.4 Å². The number of benzene rings is 1. The van der Waals surface area contributed by atoms with Crippen LogP contribution >= 0.6 is 43.2 Å². The van der Waals surface area contributed by atoms with Crippen LogP contribution in [-0.4, -0.2) is 11.1 Å². The van der Waals surface area contributed by atoms with Crippen LogP contribution in [0.1, 0.15) is 20.8 Å². The number of carboxylic acid groups (broad SMARTS) is 1. The van der Waals surface area contributed by atoms with Gasteiger partial charge in [-0.1, -0.05) is 15.9 Å². The van der Waals surface area contributed by atoms with Crippen LogP contribution in [-0.2, 0) is 6.61 Å². The van der Waals surface area contributed by atoms with Crippen molar-refractivity contribution < 1.29 is 14.6 Å². The van der Waals surface area contributed by atoms with Crippen molar-refractivity contribution in [2.45, 2.75) is 13.5 Å². The van der Waals surface area contributed by atoms with Crippen LogP contribution < -0.4 is 4.74 Å². The lowest BCUT2D eigenvalue weighted by molar-refractivity contribution is 0.0691. The monoisotopic (exact) mass is 404 g/mol. The first kappa shape index (κ1) is 14.6. The number of ether oxygens (including phenoxy) is 1. The summed E-state index contributed by atoms with van der Waals surface area (Å²) in [5.74, 6) is -0.583. The molecule has 0 amide bonds. The molecule has 0 aliphatic heterocycles. The topological polar surface area (TPSA) is 46.5 Å². The molecule has 2 aromatic rings. The van der Waals surface area contributed by atoms with Gasteiger partial charge >= 0.3 is 5.97 Å². The predicted molar refractivity (Wildman–Crippen MR) is 82.2 cm³/mol. The average molecular weight is 406 g/mol. The largest absolute Gasteiger partial charge is 0.487 e. The second-order valence-electron chi connectivity index (χ2n) is 3.88. The summed E-state index contributed by atoms with van der Waals surface area (Å²) in [4.78, 5) is 12.3. The third-order valence-electron chi connectivity index (χ3n) is 2.51. The Hall–Kier alpha value is -0.850. The number of rotatable bonds is 4. The molecule has 0 spiro atoms. The van der Waals surface area contributed by atoms with Gasteiger partial charge in [0, 0.05) is 8.95 Å². The lowest BCUT2D eigenvalue weighted by Gasteiger charge is -2.12. The molecule has 100 valence electrons. The maximum atomic E-state index is 11.2. The Balaban J connectivity index is 2.29. The quantitative estimate of drug-likeness (QED) is 0.789. The number of hydrogen-bond donors (Lipinski definition) is 1. The second-order valence-corrected chi connectivity index (χ2v) is 6.66. The molecule has 0 saturated carbocycles. The van der Waals surface area contributed by atoms with E-state index in [-0.39, 0.29) is 5.56 Å². The molecule has 0 atom stereocenters. The summed E-state index contributed by atoms with van der Waals surface area (Å²) < 4.78 is 7.39. The van der Waals surface area contributed by atoms with Gasteiger partial charge in [-0.15, -0.1) is 11.3 Å². The predicted octanol–water partition coefficient (Wildman–Crippen LogP) is 4.86. The molecule has 0 unspecified atom stereocenters. The fourth-order valence-electron chi connectivity index (χ4n) is 1.65. The Bertz CT molecular complexity index is 622. The zero-order chi connectivity index (χ0) is 14.0. The smallest absolute Gasteiger partial charge is 0.339 e. The van der Waals surface area contributed by atoms with Gasteiger partial charge in [-0.2, -0.15) is 0 Å². The zero-order valence-electron chi connectivity index (χ0n) is 9.94. The maximum Gasteiger partial charge on any atom is 0.339 e. The number of aromatic carboxylic acids is 1. The van der Waals surface area contributed by atoms with E-state index in [0.717, 1.165) is 19.4 Å². The lowest BCUT2D eigenvalue weighted by atomic mass is 10.1. The standard InChI is InChI=1S/C13H10Br2O3S/c1-7-4-8(14)5-9(13(16)17)12(7)18-6-11-10(15)2-3-19-11/h2-5H,6H2,1H3,(H,16,17). The van der Waals surface area contributed by atoms with E-state index in [9.17, 15) is 9.90 Å². The summed E-state index contributed by atoms with van der Waals surface area (Å²) in [6.07, 6.45) is 0. The zero-order valence-corrected chi connectivity index (χ0v) is 13.9.